The predicted molar refractivity (Wildman–Crippen MR) is 77.0 cm³/mol. The van der Waals surface area contributed by atoms with E-state index in [9.17, 15) is 0 Å². The van der Waals surface area contributed by atoms with E-state index in [2.05, 4.69) is 17.1 Å². The SMILES string of the molecule is COc1ccccc1OCCN1CCNCCC1C. The van der Waals surface area contributed by atoms with Gasteiger partial charge in [0.05, 0.1) is 7.11 Å². The average Bonchev–Trinajstić information content (AvgIpc) is 2.64. The second-order valence-corrected chi connectivity index (χ2v) is 4.92. The van der Waals surface area contributed by atoms with Gasteiger partial charge in [-0.1, -0.05) is 12.1 Å². The Morgan fingerprint density at radius 2 is 2.05 bits per heavy atom. The van der Waals surface area contributed by atoms with Gasteiger partial charge in [0.2, 0.25) is 0 Å². The van der Waals surface area contributed by atoms with Crippen LogP contribution >= 0.6 is 0 Å². The van der Waals surface area contributed by atoms with Gasteiger partial charge in [-0.2, -0.15) is 0 Å². The van der Waals surface area contributed by atoms with Crippen molar-refractivity contribution in [2.45, 2.75) is 19.4 Å². The Labute approximate surface area is 115 Å². The van der Waals surface area contributed by atoms with E-state index in [1.807, 2.05) is 24.3 Å². The number of para-hydroxylation sites is 2. The van der Waals surface area contributed by atoms with Gasteiger partial charge in [0, 0.05) is 25.7 Å². The molecule has 0 aromatic heterocycles. The first-order chi connectivity index (χ1) is 9.31. The molecule has 0 bridgehead atoms. The highest BCUT2D eigenvalue weighted by Gasteiger charge is 2.16. The minimum atomic E-state index is 0.622. The third-order valence-electron chi connectivity index (χ3n) is 3.64. The van der Waals surface area contributed by atoms with Gasteiger partial charge >= 0.3 is 0 Å². The molecule has 0 amide bonds. The molecule has 1 heterocycles. The van der Waals surface area contributed by atoms with Crippen molar-refractivity contribution >= 4 is 0 Å². The Morgan fingerprint density at radius 1 is 1.26 bits per heavy atom. The van der Waals surface area contributed by atoms with Crippen molar-refractivity contribution in [2.24, 2.45) is 0 Å². The lowest BCUT2D eigenvalue weighted by Crippen LogP contribution is -2.37. The largest absolute Gasteiger partial charge is 0.493 e. The lowest BCUT2D eigenvalue weighted by Gasteiger charge is -2.26. The molecule has 2 rings (SSSR count). The summed E-state index contributed by atoms with van der Waals surface area (Å²) in [6.07, 6.45) is 1.20. The van der Waals surface area contributed by atoms with Crippen LogP contribution in [-0.2, 0) is 0 Å². The highest BCUT2D eigenvalue weighted by Crippen LogP contribution is 2.25. The number of benzene rings is 1. The second-order valence-electron chi connectivity index (χ2n) is 4.92. The van der Waals surface area contributed by atoms with Crippen LogP contribution in [0, 0.1) is 0 Å². The Bertz CT molecular complexity index is 384. The van der Waals surface area contributed by atoms with E-state index < -0.39 is 0 Å². The zero-order valence-corrected chi connectivity index (χ0v) is 11.9. The molecule has 1 aromatic rings. The minimum absolute atomic E-state index is 0.622. The zero-order valence-electron chi connectivity index (χ0n) is 11.9. The van der Waals surface area contributed by atoms with Gasteiger partial charge in [0.15, 0.2) is 11.5 Å². The fraction of sp³-hybridized carbons (Fsp3) is 0.600. The molecule has 4 nitrogen and oxygen atoms in total. The molecular formula is C15H24N2O2. The van der Waals surface area contributed by atoms with Crippen LogP contribution in [0.5, 0.6) is 11.5 Å². The molecule has 1 N–H and O–H groups in total. The predicted octanol–water partition coefficient (Wildman–Crippen LogP) is 1.76. The van der Waals surface area contributed by atoms with Gasteiger partial charge in [-0.05, 0) is 32.0 Å². The topological polar surface area (TPSA) is 33.7 Å². The summed E-state index contributed by atoms with van der Waals surface area (Å²) in [5, 5.41) is 3.43. The zero-order chi connectivity index (χ0) is 13.5. The molecular weight excluding hydrogens is 240 g/mol. The van der Waals surface area contributed by atoms with Crippen LogP contribution in [0.1, 0.15) is 13.3 Å². The van der Waals surface area contributed by atoms with Crippen molar-refractivity contribution in [2.75, 3.05) is 39.9 Å². The summed E-state index contributed by atoms with van der Waals surface area (Å²) in [6.45, 7) is 7.22. The third kappa shape index (κ3) is 4.11. The number of nitrogens with zero attached hydrogens (tertiary/aromatic N) is 1. The Balaban J connectivity index is 1.82. The molecule has 1 atom stereocenters. The Hall–Kier alpha value is -1.26. The van der Waals surface area contributed by atoms with Gasteiger partial charge in [-0.15, -0.1) is 0 Å². The normalized spacial score (nSPS) is 20.8. The summed E-state index contributed by atoms with van der Waals surface area (Å²) in [5.74, 6) is 1.62. The average molecular weight is 264 g/mol. The lowest BCUT2D eigenvalue weighted by atomic mass is 10.2. The van der Waals surface area contributed by atoms with Crippen LogP contribution < -0.4 is 14.8 Å². The summed E-state index contributed by atoms with van der Waals surface area (Å²) in [7, 11) is 1.67. The number of rotatable bonds is 5. The molecule has 1 aliphatic rings. The van der Waals surface area contributed by atoms with Crippen LogP contribution in [0.15, 0.2) is 24.3 Å². The summed E-state index contributed by atoms with van der Waals surface area (Å²) < 4.78 is 11.1. The maximum Gasteiger partial charge on any atom is 0.161 e. The Kier molecular flexibility index (Phi) is 5.48. The lowest BCUT2D eigenvalue weighted by molar-refractivity contribution is 0.172. The van der Waals surface area contributed by atoms with Gasteiger partial charge in [-0.25, -0.2) is 0 Å². The third-order valence-corrected chi connectivity index (χ3v) is 3.64. The molecule has 1 fully saturated rings. The van der Waals surface area contributed by atoms with Gasteiger partial charge < -0.3 is 14.8 Å². The first-order valence-corrected chi connectivity index (χ1v) is 7.02. The van der Waals surface area contributed by atoms with Crippen molar-refractivity contribution in [1.29, 1.82) is 0 Å². The molecule has 0 saturated carbocycles. The number of hydrogen-bond donors (Lipinski definition) is 1. The summed E-state index contributed by atoms with van der Waals surface area (Å²) >= 11 is 0. The first kappa shape index (κ1) is 14.2. The summed E-state index contributed by atoms with van der Waals surface area (Å²) in [5.41, 5.74) is 0. The summed E-state index contributed by atoms with van der Waals surface area (Å²) in [6, 6.07) is 8.42. The number of ether oxygens (including phenoxy) is 2. The van der Waals surface area contributed by atoms with E-state index in [0.717, 1.165) is 37.7 Å². The van der Waals surface area contributed by atoms with Gasteiger partial charge in [0.25, 0.3) is 0 Å². The first-order valence-electron chi connectivity index (χ1n) is 7.02. The molecule has 0 aliphatic carbocycles. The smallest absolute Gasteiger partial charge is 0.161 e. The molecule has 0 radical (unpaired) electrons. The molecule has 1 aliphatic heterocycles. The molecule has 1 saturated heterocycles. The number of nitrogens with one attached hydrogen (secondary N) is 1. The van der Waals surface area contributed by atoms with E-state index in [4.69, 9.17) is 9.47 Å². The van der Waals surface area contributed by atoms with Crippen molar-refractivity contribution in [1.82, 2.24) is 10.2 Å². The fourth-order valence-electron chi connectivity index (χ4n) is 2.40. The molecule has 1 aromatic carbocycles. The molecule has 1 unspecified atom stereocenters. The van der Waals surface area contributed by atoms with Crippen LogP contribution in [0.2, 0.25) is 0 Å². The standard InChI is InChI=1S/C15H24N2O2/c1-13-7-8-16-9-10-17(13)11-12-19-15-6-4-3-5-14(15)18-2/h3-6,13,16H,7-12H2,1-2H3. The monoisotopic (exact) mass is 264 g/mol. The molecule has 4 heteroatoms. The van der Waals surface area contributed by atoms with Crippen molar-refractivity contribution < 1.29 is 9.47 Å². The van der Waals surface area contributed by atoms with Crippen molar-refractivity contribution in [3.8, 4) is 11.5 Å². The van der Waals surface area contributed by atoms with Crippen LogP contribution in [0.4, 0.5) is 0 Å². The fourth-order valence-corrected chi connectivity index (χ4v) is 2.40. The minimum Gasteiger partial charge on any atom is -0.493 e. The van der Waals surface area contributed by atoms with E-state index >= 15 is 0 Å². The van der Waals surface area contributed by atoms with Crippen LogP contribution in [-0.4, -0.2) is 50.8 Å². The van der Waals surface area contributed by atoms with Crippen molar-refractivity contribution in [3.63, 3.8) is 0 Å². The molecule has 106 valence electrons. The second kappa shape index (κ2) is 7.36. The van der Waals surface area contributed by atoms with Crippen LogP contribution in [0.3, 0.4) is 0 Å². The maximum atomic E-state index is 5.83. The molecule has 0 spiro atoms. The van der Waals surface area contributed by atoms with E-state index in [0.29, 0.717) is 12.6 Å². The van der Waals surface area contributed by atoms with Gasteiger partial charge in [0.1, 0.15) is 6.61 Å². The highest BCUT2D eigenvalue weighted by molar-refractivity contribution is 5.39. The van der Waals surface area contributed by atoms with E-state index in [1.54, 1.807) is 7.11 Å². The number of methoxy groups -OCH3 is 1. The van der Waals surface area contributed by atoms with Crippen LogP contribution in [0.25, 0.3) is 0 Å². The quantitative estimate of drug-likeness (QED) is 0.878. The Morgan fingerprint density at radius 3 is 2.84 bits per heavy atom. The molecule has 19 heavy (non-hydrogen) atoms. The van der Waals surface area contributed by atoms with E-state index in [-0.39, 0.29) is 0 Å². The number of hydrogen-bond acceptors (Lipinski definition) is 4. The van der Waals surface area contributed by atoms with E-state index in [1.165, 1.54) is 6.42 Å². The maximum absolute atomic E-state index is 5.83. The summed E-state index contributed by atoms with van der Waals surface area (Å²) in [4.78, 5) is 2.48. The van der Waals surface area contributed by atoms with Gasteiger partial charge in [-0.3, -0.25) is 4.90 Å². The highest BCUT2D eigenvalue weighted by atomic mass is 16.5. The van der Waals surface area contributed by atoms with Crippen molar-refractivity contribution in [3.05, 3.63) is 24.3 Å².